The van der Waals surface area contributed by atoms with E-state index in [1.807, 2.05) is 23.8 Å². The van der Waals surface area contributed by atoms with Gasteiger partial charge in [0.1, 0.15) is 0 Å². The van der Waals surface area contributed by atoms with E-state index in [2.05, 4.69) is 26.0 Å². The van der Waals surface area contributed by atoms with Gasteiger partial charge in [-0.25, -0.2) is 0 Å². The monoisotopic (exact) mass is 234 g/mol. The topological polar surface area (TPSA) is 17.1 Å². The van der Waals surface area contributed by atoms with Gasteiger partial charge in [0.25, 0.3) is 0 Å². The fourth-order valence-electron chi connectivity index (χ4n) is 1.60. The van der Waals surface area contributed by atoms with Crippen LogP contribution in [0.5, 0.6) is 0 Å². The molecule has 2 heteroatoms. The lowest BCUT2D eigenvalue weighted by Gasteiger charge is -2.06. The molecule has 0 amide bonds. The zero-order valence-electron chi connectivity index (χ0n) is 10.1. The van der Waals surface area contributed by atoms with Gasteiger partial charge < -0.3 is 0 Å². The van der Waals surface area contributed by atoms with Crippen LogP contribution in [0.2, 0.25) is 0 Å². The normalized spacial score (nSPS) is 11.9. The number of carbonyl (C=O) groups excluding carboxylic acids is 1. The van der Waals surface area contributed by atoms with Gasteiger partial charge in [0, 0.05) is 5.57 Å². The van der Waals surface area contributed by atoms with Crippen molar-refractivity contribution in [2.75, 3.05) is 6.26 Å². The molecule has 0 N–H and O–H groups in total. The second-order valence-electron chi connectivity index (χ2n) is 4.22. The average Bonchev–Trinajstić information content (AvgIpc) is 2.26. The number of thioether (sulfide) groups is 1. The van der Waals surface area contributed by atoms with Crippen molar-refractivity contribution < 1.29 is 4.79 Å². The van der Waals surface area contributed by atoms with E-state index in [4.69, 9.17) is 0 Å². The van der Waals surface area contributed by atoms with E-state index >= 15 is 0 Å². The standard InChI is InChI=1S/C14H18OS/c1-11(2)8-12-4-6-13(7-5-12)14(9-15)10-16-3/h4-7,9-11H,8H2,1-3H3. The Bertz CT molecular complexity index is 363. The number of allylic oxidation sites excluding steroid dienone is 1. The van der Waals surface area contributed by atoms with E-state index in [9.17, 15) is 4.79 Å². The lowest BCUT2D eigenvalue weighted by atomic mass is 10.00. The lowest BCUT2D eigenvalue weighted by molar-refractivity contribution is -0.103. The predicted molar refractivity (Wildman–Crippen MR) is 72.5 cm³/mol. The number of aldehydes is 1. The maximum atomic E-state index is 10.9. The number of carbonyl (C=O) groups is 1. The molecule has 0 fully saturated rings. The highest BCUT2D eigenvalue weighted by molar-refractivity contribution is 8.01. The van der Waals surface area contributed by atoms with Crippen LogP contribution < -0.4 is 0 Å². The quantitative estimate of drug-likeness (QED) is 0.569. The molecule has 1 aromatic rings. The zero-order chi connectivity index (χ0) is 12.0. The van der Waals surface area contributed by atoms with Crippen molar-refractivity contribution in [3.8, 4) is 0 Å². The van der Waals surface area contributed by atoms with Gasteiger partial charge in [-0.2, -0.15) is 0 Å². The van der Waals surface area contributed by atoms with E-state index in [1.165, 1.54) is 5.56 Å². The molecule has 0 bridgehead atoms. The molecule has 0 heterocycles. The molecule has 1 aromatic carbocycles. The van der Waals surface area contributed by atoms with E-state index < -0.39 is 0 Å². The van der Waals surface area contributed by atoms with Gasteiger partial charge in [0.15, 0.2) is 6.29 Å². The number of hydrogen-bond acceptors (Lipinski definition) is 2. The molecular formula is C14H18OS. The maximum absolute atomic E-state index is 10.9. The first-order valence-corrected chi connectivity index (χ1v) is 6.73. The van der Waals surface area contributed by atoms with Crippen molar-refractivity contribution in [1.82, 2.24) is 0 Å². The van der Waals surface area contributed by atoms with Crippen LogP contribution >= 0.6 is 11.8 Å². The fraction of sp³-hybridized carbons (Fsp3) is 0.357. The minimum Gasteiger partial charge on any atom is -0.298 e. The summed E-state index contributed by atoms with van der Waals surface area (Å²) in [5.41, 5.74) is 3.08. The highest BCUT2D eigenvalue weighted by Crippen LogP contribution is 2.17. The predicted octanol–water partition coefficient (Wildman–Crippen LogP) is 3.79. The van der Waals surface area contributed by atoms with E-state index in [-0.39, 0.29) is 0 Å². The van der Waals surface area contributed by atoms with Gasteiger partial charge in [0.2, 0.25) is 0 Å². The molecule has 0 aliphatic rings. The van der Waals surface area contributed by atoms with Crippen LogP contribution in [0.15, 0.2) is 29.7 Å². The van der Waals surface area contributed by atoms with Crippen molar-refractivity contribution in [2.24, 2.45) is 5.92 Å². The zero-order valence-corrected chi connectivity index (χ0v) is 10.9. The Morgan fingerprint density at radius 1 is 1.31 bits per heavy atom. The molecule has 16 heavy (non-hydrogen) atoms. The Morgan fingerprint density at radius 3 is 2.38 bits per heavy atom. The molecule has 1 nitrogen and oxygen atoms in total. The van der Waals surface area contributed by atoms with Gasteiger partial charge in [-0.05, 0) is 35.1 Å². The van der Waals surface area contributed by atoms with Crippen LogP contribution in [-0.2, 0) is 11.2 Å². The van der Waals surface area contributed by atoms with Crippen molar-refractivity contribution in [2.45, 2.75) is 20.3 Å². The molecule has 0 saturated carbocycles. The number of hydrogen-bond donors (Lipinski definition) is 0. The second kappa shape index (κ2) is 6.54. The molecule has 0 atom stereocenters. The summed E-state index contributed by atoms with van der Waals surface area (Å²) in [7, 11) is 0. The Balaban J connectivity index is 2.85. The minimum atomic E-state index is 0.665. The van der Waals surface area contributed by atoms with Crippen LogP contribution in [0.4, 0.5) is 0 Å². The fourth-order valence-corrected chi connectivity index (χ4v) is 2.04. The van der Waals surface area contributed by atoms with Crippen LogP contribution in [-0.4, -0.2) is 12.5 Å². The van der Waals surface area contributed by atoms with Crippen LogP contribution in [0.3, 0.4) is 0 Å². The summed E-state index contributed by atoms with van der Waals surface area (Å²) in [6.45, 7) is 4.41. The van der Waals surface area contributed by atoms with E-state index in [0.29, 0.717) is 5.92 Å². The summed E-state index contributed by atoms with van der Waals surface area (Å²) >= 11 is 1.55. The molecule has 0 unspecified atom stereocenters. The SMILES string of the molecule is CSC=C(C=O)c1ccc(CC(C)C)cc1. The highest BCUT2D eigenvalue weighted by Gasteiger charge is 2.01. The summed E-state index contributed by atoms with van der Waals surface area (Å²) in [6, 6.07) is 8.25. The second-order valence-corrected chi connectivity index (χ2v) is 4.93. The Morgan fingerprint density at radius 2 is 1.94 bits per heavy atom. The molecular weight excluding hydrogens is 216 g/mol. The summed E-state index contributed by atoms with van der Waals surface area (Å²) in [4.78, 5) is 10.9. The molecule has 86 valence electrons. The molecule has 1 rings (SSSR count). The minimum absolute atomic E-state index is 0.665. The summed E-state index contributed by atoms with van der Waals surface area (Å²) in [5, 5.41) is 1.88. The third kappa shape index (κ3) is 3.86. The van der Waals surface area contributed by atoms with Crippen LogP contribution in [0, 0.1) is 5.92 Å². The number of rotatable bonds is 5. The third-order valence-corrected chi connectivity index (χ3v) is 2.79. The first kappa shape index (κ1) is 13.0. The largest absolute Gasteiger partial charge is 0.298 e. The van der Waals surface area contributed by atoms with Crippen LogP contribution in [0.25, 0.3) is 5.57 Å². The van der Waals surface area contributed by atoms with E-state index in [1.54, 1.807) is 11.8 Å². The van der Waals surface area contributed by atoms with Gasteiger partial charge in [-0.1, -0.05) is 38.1 Å². The van der Waals surface area contributed by atoms with Crippen molar-refractivity contribution in [3.05, 3.63) is 40.8 Å². The smallest absolute Gasteiger partial charge is 0.151 e. The van der Waals surface area contributed by atoms with Gasteiger partial charge in [-0.3, -0.25) is 4.79 Å². The molecule has 0 aliphatic heterocycles. The molecule has 0 radical (unpaired) electrons. The highest BCUT2D eigenvalue weighted by atomic mass is 32.2. The Hall–Kier alpha value is -1.02. The molecule has 0 saturated heterocycles. The summed E-state index contributed by atoms with van der Waals surface area (Å²) in [6.07, 6.45) is 3.95. The average molecular weight is 234 g/mol. The molecule has 0 spiro atoms. The third-order valence-electron chi connectivity index (χ3n) is 2.30. The van der Waals surface area contributed by atoms with Gasteiger partial charge >= 0.3 is 0 Å². The van der Waals surface area contributed by atoms with Crippen molar-refractivity contribution in [3.63, 3.8) is 0 Å². The van der Waals surface area contributed by atoms with Crippen LogP contribution in [0.1, 0.15) is 25.0 Å². The Labute approximate surface area is 102 Å². The van der Waals surface area contributed by atoms with Crippen molar-refractivity contribution in [1.29, 1.82) is 0 Å². The Kier molecular flexibility index (Phi) is 5.33. The lowest BCUT2D eigenvalue weighted by Crippen LogP contribution is -1.94. The molecule has 0 aromatic heterocycles. The van der Waals surface area contributed by atoms with Crippen molar-refractivity contribution >= 4 is 23.6 Å². The first-order valence-electron chi connectivity index (χ1n) is 5.44. The van der Waals surface area contributed by atoms with Gasteiger partial charge in [-0.15, -0.1) is 11.8 Å². The first-order chi connectivity index (χ1) is 7.67. The van der Waals surface area contributed by atoms with E-state index in [0.717, 1.165) is 23.8 Å². The number of benzene rings is 1. The summed E-state index contributed by atoms with van der Waals surface area (Å²) in [5.74, 6) is 0.665. The molecule has 0 aliphatic carbocycles. The summed E-state index contributed by atoms with van der Waals surface area (Å²) < 4.78 is 0. The van der Waals surface area contributed by atoms with Gasteiger partial charge in [0.05, 0.1) is 0 Å². The maximum Gasteiger partial charge on any atom is 0.151 e.